The van der Waals surface area contributed by atoms with Crippen molar-refractivity contribution in [1.29, 1.82) is 0 Å². The second-order valence-electron chi connectivity index (χ2n) is 3.13. The summed E-state index contributed by atoms with van der Waals surface area (Å²) in [7, 11) is 0. The Bertz CT molecular complexity index is 394. The van der Waals surface area contributed by atoms with Crippen LogP contribution in [0.5, 0.6) is 0 Å². The average Bonchev–Trinajstić information content (AvgIpc) is 2.71. The molecule has 1 heterocycles. The molecule has 2 nitrogen and oxygen atoms in total. The van der Waals surface area contributed by atoms with E-state index in [1.165, 1.54) is 0 Å². The number of rotatable bonds is 2. The molecule has 1 aromatic carbocycles. The van der Waals surface area contributed by atoms with E-state index in [2.05, 4.69) is 0 Å². The highest BCUT2D eigenvalue weighted by atomic mass is 32.1. The Morgan fingerprint density at radius 3 is 2.36 bits per heavy atom. The summed E-state index contributed by atoms with van der Waals surface area (Å²) < 4.78 is 0. The molecular formula is C11H11NOS. The van der Waals surface area contributed by atoms with Crippen LogP contribution in [0.1, 0.15) is 17.2 Å². The van der Waals surface area contributed by atoms with Crippen molar-refractivity contribution in [3.8, 4) is 0 Å². The van der Waals surface area contributed by atoms with Gasteiger partial charge in [0.2, 0.25) is 0 Å². The van der Waals surface area contributed by atoms with Gasteiger partial charge in [-0.3, -0.25) is 0 Å². The van der Waals surface area contributed by atoms with E-state index in [4.69, 9.17) is 5.73 Å². The van der Waals surface area contributed by atoms with Gasteiger partial charge in [0.1, 0.15) is 6.10 Å². The Labute approximate surface area is 86.6 Å². The molecule has 2 rings (SSSR count). The van der Waals surface area contributed by atoms with Gasteiger partial charge < -0.3 is 10.8 Å². The fraction of sp³-hybridized carbons (Fsp3) is 0.0909. The monoisotopic (exact) mass is 205 g/mol. The summed E-state index contributed by atoms with van der Waals surface area (Å²) in [6.45, 7) is 0. The zero-order valence-electron chi connectivity index (χ0n) is 7.55. The number of nitrogens with two attached hydrogens (primary N) is 1. The van der Waals surface area contributed by atoms with E-state index in [0.29, 0.717) is 5.69 Å². The molecular weight excluding hydrogens is 194 g/mol. The highest BCUT2D eigenvalue weighted by Crippen LogP contribution is 2.24. The van der Waals surface area contributed by atoms with E-state index >= 15 is 0 Å². The van der Waals surface area contributed by atoms with Gasteiger partial charge >= 0.3 is 0 Å². The first-order valence-electron chi connectivity index (χ1n) is 4.33. The summed E-state index contributed by atoms with van der Waals surface area (Å²) in [6, 6.07) is 9.21. The second-order valence-corrected chi connectivity index (χ2v) is 3.91. The Balaban J connectivity index is 2.28. The molecule has 72 valence electrons. The van der Waals surface area contributed by atoms with Gasteiger partial charge in [0.25, 0.3) is 0 Å². The minimum atomic E-state index is -0.540. The van der Waals surface area contributed by atoms with Crippen LogP contribution in [0.3, 0.4) is 0 Å². The summed E-state index contributed by atoms with van der Waals surface area (Å²) >= 11 is 1.58. The summed E-state index contributed by atoms with van der Waals surface area (Å²) in [4.78, 5) is 0. The van der Waals surface area contributed by atoms with Gasteiger partial charge in [-0.25, -0.2) is 0 Å². The van der Waals surface area contributed by atoms with Gasteiger partial charge in [0.15, 0.2) is 0 Å². The van der Waals surface area contributed by atoms with Crippen molar-refractivity contribution in [3.63, 3.8) is 0 Å². The van der Waals surface area contributed by atoms with Crippen LogP contribution in [0.15, 0.2) is 41.1 Å². The van der Waals surface area contributed by atoms with Crippen LogP contribution in [-0.2, 0) is 0 Å². The van der Waals surface area contributed by atoms with Crippen LogP contribution in [0, 0.1) is 0 Å². The van der Waals surface area contributed by atoms with Crippen LogP contribution in [0.2, 0.25) is 0 Å². The first kappa shape index (κ1) is 9.24. The number of benzene rings is 1. The maximum atomic E-state index is 9.94. The normalized spacial score (nSPS) is 12.6. The molecule has 1 unspecified atom stereocenters. The van der Waals surface area contributed by atoms with Crippen LogP contribution >= 0.6 is 11.3 Å². The van der Waals surface area contributed by atoms with Crippen molar-refractivity contribution in [1.82, 2.24) is 0 Å². The summed E-state index contributed by atoms with van der Waals surface area (Å²) in [5.74, 6) is 0. The molecule has 0 amide bonds. The molecule has 3 heteroatoms. The van der Waals surface area contributed by atoms with Gasteiger partial charge in [0, 0.05) is 5.69 Å². The summed E-state index contributed by atoms with van der Waals surface area (Å²) in [5, 5.41) is 13.8. The highest BCUT2D eigenvalue weighted by molar-refractivity contribution is 7.07. The molecule has 3 N–H and O–H groups in total. The van der Waals surface area contributed by atoms with Crippen molar-refractivity contribution < 1.29 is 5.11 Å². The third-order valence-electron chi connectivity index (χ3n) is 2.11. The van der Waals surface area contributed by atoms with Gasteiger partial charge in [-0.15, -0.1) is 0 Å². The number of aliphatic hydroxyl groups excluding tert-OH is 1. The molecule has 0 saturated heterocycles. The number of aliphatic hydroxyl groups is 1. The predicted octanol–water partition coefficient (Wildman–Crippen LogP) is 2.41. The quantitative estimate of drug-likeness (QED) is 0.739. The fourth-order valence-electron chi connectivity index (χ4n) is 1.30. The molecule has 0 spiro atoms. The molecule has 0 bridgehead atoms. The topological polar surface area (TPSA) is 46.2 Å². The zero-order chi connectivity index (χ0) is 9.97. The van der Waals surface area contributed by atoms with Crippen LogP contribution < -0.4 is 5.73 Å². The van der Waals surface area contributed by atoms with Crippen molar-refractivity contribution in [2.24, 2.45) is 0 Å². The number of nitrogen functional groups attached to an aromatic ring is 1. The largest absolute Gasteiger partial charge is 0.399 e. The SMILES string of the molecule is Nc1ccc(C(O)c2ccsc2)cc1. The number of anilines is 1. The maximum absolute atomic E-state index is 9.94. The minimum Gasteiger partial charge on any atom is -0.399 e. The maximum Gasteiger partial charge on any atom is 0.105 e. The number of thiophene rings is 1. The van der Waals surface area contributed by atoms with Gasteiger partial charge in [-0.05, 0) is 40.1 Å². The van der Waals surface area contributed by atoms with Crippen molar-refractivity contribution in [3.05, 3.63) is 52.2 Å². The lowest BCUT2D eigenvalue weighted by molar-refractivity contribution is 0.221. The molecule has 2 aromatic rings. The first-order valence-corrected chi connectivity index (χ1v) is 5.27. The molecule has 0 aliphatic rings. The summed E-state index contributed by atoms with van der Waals surface area (Å²) in [5.41, 5.74) is 8.08. The molecule has 1 aromatic heterocycles. The van der Waals surface area contributed by atoms with Gasteiger partial charge in [-0.1, -0.05) is 12.1 Å². The van der Waals surface area contributed by atoms with E-state index in [-0.39, 0.29) is 0 Å². The van der Waals surface area contributed by atoms with Crippen molar-refractivity contribution in [2.75, 3.05) is 5.73 Å². The Kier molecular flexibility index (Phi) is 2.52. The third-order valence-corrected chi connectivity index (χ3v) is 2.81. The Hall–Kier alpha value is -1.32. The van der Waals surface area contributed by atoms with Gasteiger partial charge in [0.05, 0.1) is 0 Å². The lowest BCUT2D eigenvalue weighted by atomic mass is 10.0. The molecule has 0 aliphatic carbocycles. The Morgan fingerprint density at radius 1 is 1.07 bits per heavy atom. The van der Waals surface area contributed by atoms with E-state index in [0.717, 1.165) is 11.1 Å². The molecule has 0 saturated carbocycles. The van der Waals surface area contributed by atoms with Crippen molar-refractivity contribution >= 4 is 17.0 Å². The zero-order valence-corrected chi connectivity index (χ0v) is 8.37. The molecule has 0 fully saturated rings. The van der Waals surface area contributed by atoms with Gasteiger partial charge in [-0.2, -0.15) is 11.3 Å². The molecule has 0 aliphatic heterocycles. The highest BCUT2D eigenvalue weighted by Gasteiger charge is 2.09. The standard InChI is InChI=1S/C11H11NOS/c12-10-3-1-8(2-4-10)11(13)9-5-6-14-7-9/h1-7,11,13H,12H2. The van der Waals surface area contributed by atoms with Crippen LogP contribution in [-0.4, -0.2) is 5.11 Å². The smallest absolute Gasteiger partial charge is 0.105 e. The molecule has 0 radical (unpaired) electrons. The number of hydrogen-bond donors (Lipinski definition) is 2. The Morgan fingerprint density at radius 2 is 1.79 bits per heavy atom. The lowest BCUT2D eigenvalue weighted by Gasteiger charge is -2.08. The van der Waals surface area contributed by atoms with Crippen LogP contribution in [0.4, 0.5) is 5.69 Å². The average molecular weight is 205 g/mol. The summed E-state index contributed by atoms with van der Waals surface area (Å²) in [6.07, 6.45) is -0.540. The molecule has 14 heavy (non-hydrogen) atoms. The second kappa shape index (κ2) is 3.82. The van der Waals surface area contributed by atoms with E-state index in [1.54, 1.807) is 23.5 Å². The van der Waals surface area contributed by atoms with Crippen LogP contribution in [0.25, 0.3) is 0 Å². The fourth-order valence-corrected chi connectivity index (χ4v) is 1.98. The van der Waals surface area contributed by atoms with E-state index in [9.17, 15) is 5.11 Å². The minimum absolute atomic E-state index is 0.540. The van der Waals surface area contributed by atoms with Crippen molar-refractivity contribution in [2.45, 2.75) is 6.10 Å². The molecule has 1 atom stereocenters. The van der Waals surface area contributed by atoms with E-state index in [1.807, 2.05) is 29.0 Å². The number of hydrogen-bond acceptors (Lipinski definition) is 3. The first-order chi connectivity index (χ1) is 6.77. The third kappa shape index (κ3) is 1.78. The lowest BCUT2D eigenvalue weighted by Crippen LogP contribution is -1.97. The van der Waals surface area contributed by atoms with E-state index < -0.39 is 6.10 Å². The predicted molar refractivity (Wildman–Crippen MR) is 59.2 cm³/mol.